The lowest BCUT2D eigenvalue weighted by Crippen LogP contribution is -2.45. The van der Waals surface area contributed by atoms with E-state index in [0.29, 0.717) is 56.6 Å². The van der Waals surface area contributed by atoms with Crippen molar-refractivity contribution in [2.24, 2.45) is 0 Å². The van der Waals surface area contributed by atoms with Gasteiger partial charge in [-0.1, -0.05) is 43.9 Å². The minimum Gasteiger partial charge on any atom is -0.481 e. The maximum Gasteiger partial charge on any atom is 0.278 e. The zero-order chi connectivity index (χ0) is 56.6. The second-order valence-corrected chi connectivity index (χ2v) is 32.0. The molecule has 2 aliphatic heterocycles. The Morgan fingerprint density at radius 3 is 1.82 bits per heavy atom. The molecular weight excluding hydrogens is 1130 g/mol. The van der Waals surface area contributed by atoms with Gasteiger partial charge in [0.2, 0.25) is 22.4 Å². The van der Waals surface area contributed by atoms with Crippen LogP contribution >= 0.6 is 15.9 Å². The summed E-state index contributed by atoms with van der Waals surface area (Å²) in [6.45, 7) is 9.43. The number of pyridine rings is 2. The first-order valence-corrected chi connectivity index (χ1v) is 34.3. The zero-order valence-electron chi connectivity index (χ0n) is 47.0. The van der Waals surface area contributed by atoms with Crippen molar-refractivity contribution in [1.82, 2.24) is 58.3 Å². The van der Waals surface area contributed by atoms with Crippen molar-refractivity contribution >= 4 is 61.4 Å². The molecule has 4 aliphatic rings. The minimum atomic E-state index is -3.74. The molecule has 25 heteroatoms. The Morgan fingerprint density at radius 2 is 1.27 bits per heavy atom. The lowest BCUT2D eigenvalue weighted by Gasteiger charge is -2.34. The van der Waals surface area contributed by atoms with Gasteiger partial charge in [-0.15, -0.1) is 10.2 Å². The highest BCUT2D eigenvalue weighted by molar-refractivity contribution is 9.10. The Labute approximate surface area is 475 Å². The van der Waals surface area contributed by atoms with Gasteiger partial charge in [-0.05, 0) is 160 Å². The molecule has 0 radical (unpaired) electrons. The van der Waals surface area contributed by atoms with Gasteiger partial charge in [0.25, 0.3) is 30.4 Å². The first-order valence-electron chi connectivity index (χ1n) is 26.9. The molecule has 6 heterocycles. The van der Waals surface area contributed by atoms with Gasteiger partial charge in [-0.2, -0.15) is 18.6 Å². The molecule has 4 aromatic heterocycles. The maximum atomic E-state index is 13.2. The SMILES string of the molecule is CN(C)C1CCN(S(=O)(=O)c2nc(Br)nn2COCC[Si](C)(C)C)CC1.COc1cc(-c2ccc3c(c2N)CCC3)ccn1.COc1cc(-c2ccc3c(c2Nc2n[nH]c(S(=O)(=O)N4CCC(N(C)C)CC4)n2)CCC3)ccn1. The van der Waals surface area contributed by atoms with E-state index in [1.54, 1.807) is 26.6 Å². The molecule has 2 fully saturated rings. The number of sulfonamides is 2. The standard InChI is InChI=1S/C24H31N7O3S.C15H30BrN5O3SSi.C15H16N2O/c1-30(2)18-10-13-31(14-11-18)35(32,33)24-27-23(28-29-24)26-22-19-6-4-5-16(19)7-8-20(22)17-9-12-25-21(15-17)34-3;1-19(2)13-6-8-20(9-7-13)25(22,23)15-17-14(16)18-21(15)12-24-10-11-26(3,4)5;1-18-14-9-11(7-8-17-14)13-6-5-10-3-2-4-12(10)15(13)16/h7-9,12,15,18H,4-6,10-11,13-14H2,1-3H3,(H2,26,27,28,29);13H,6-12H2,1-5H3;5-9H,2-4,16H2,1H3. The van der Waals surface area contributed by atoms with E-state index in [0.717, 1.165) is 97.5 Å². The smallest absolute Gasteiger partial charge is 0.278 e. The number of methoxy groups -OCH3 is 2. The molecule has 0 unspecified atom stereocenters. The Bertz CT molecular complexity index is 3270. The quantitative estimate of drug-likeness (QED) is 0.0449. The van der Waals surface area contributed by atoms with Gasteiger partial charge in [-0.3, -0.25) is 0 Å². The number of nitrogens with one attached hydrogen (secondary N) is 2. The van der Waals surface area contributed by atoms with Crippen LogP contribution in [-0.2, 0) is 57.2 Å². The van der Waals surface area contributed by atoms with E-state index in [4.69, 9.17) is 19.9 Å². The average Bonchev–Trinajstić information content (AvgIpc) is 4.34. The van der Waals surface area contributed by atoms with Gasteiger partial charge in [0.15, 0.2) is 0 Å². The number of aromatic nitrogens is 8. The fourth-order valence-electron chi connectivity index (χ4n) is 10.4. The number of hydrogen-bond acceptors (Lipinski definition) is 17. The third kappa shape index (κ3) is 14.6. The molecule has 10 rings (SSSR count). The Kier molecular flexibility index (Phi) is 19.7. The summed E-state index contributed by atoms with van der Waals surface area (Å²) in [7, 11) is 2.70. The van der Waals surface area contributed by atoms with Crippen LogP contribution in [0.15, 0.2) is 76.0 Å². The predicted molar refractivity (Wildman–Crippen MR) is 313 cm³/mol. The number of aryl methyl sites for hydroxylation is 2. The Morgan fingerprint density at radius 1 is 0.734 bits per heavy atom. The van der Waals surface area contributed by atoms with E-state index in [-0.39, 0.29) is 27.7 Å². The lowest BCUT2D eigenvalue weighted by atomic mass is 9.98. The summed E-state index contributed by atoms with van der Waals surface area (Å²) in [6.07, 6.45) is 13.2. The van der Waals surface area contributed by atoms with Gasteiger partial charge in [0.05, 0.1) is 19.9 Å². The van der Waals surface area contributed by atoms with Gasteiger partial charge in [-0.25, -0.2) is 36.6 Å². The van der Waals surface area contributed by atoms with Gasteiger partial charge >= 0.3 is 0 Å². The third-order valence-electron chi connectivity index (χ3n) is 15.1. The number of rotatable bonds is 17. The van der Waals surface area contributed by atoms with Crippen LogP contribution in [0.1, 0.15) is 60.8 Å². The molecule has 0 atom stereocenters. The van der Waals surface area contributed by atoms with Crippen LogP contribution in [0.3, 0.4) is 0 Å². The maximum absolute atomic E-state index is 13.2. The molecule has 0 spiro atoms. The normalized spacial score (nSPS) is 16.5. The second kappa shape index (κ2) is 26.0. The van der Waals surface area contributed by atoms with E-state index in [9.17, 15) is 16.8 Å². The molecular formula is C54H77BrN14O7S2Si. The molecule has 2 aliphatic carbocycles. The van der Waals surface area contributed by atoms with Crippen molar-refractivity contribution < 1.29 is 31.0 Å². The summed E-state index contributed by atoms with van der Waals surface area (Å²) in [6, 6.07) is 18.0. The molecule has 6 aromatic rings. The first-order chi connectivity index (χ1) is 37.7. The van der Waals surface area contributed by atoms with Crippen LogP contribution in [0.4, 0.5) is 17.3 Å². The van der Waals surface area contributed by atoms with Crippen molar-refractivity contribution in [2.45, 2.75) is 119 Å². The number of H-pyrrole nitrogens is 1. The molecule has 0 saturated carbocycles. The number of aromatic amines is 1. The highest BCUT2D eigenvalue weighted by Crippen LogP contribution is 2.40. The molecule has 79 heavy (non-hydrogen) atoms. The Hall–Kier alpha value is -5.38. The fraction of sp³-hybridized carbons (Fsp3) is 0.519. The summed E-state index contributed by atoms with van der Waals surface area (Å²) in [5.74, 6) is 1.37. The molecule has 2 saturated heterocycles. The summed E-state index contributed by atoms with van der Waals surface area (Å²) < 4.78 is 73.1. The van der Waals surface area contributed by atoms with Crippen LogP contribution in [0.25, 0.3) is 22.3 Å². The average molecular weight is 1210 g/mol. The fourth-order valence-corrected chi connectivity index (χ4v) is 14.5. The number of hydrogen-bond donors (Lipinski definition) is 3. The number of piperidine rings is 2. The largest absolute Gasteiger partial charge is 0.481 e. The number of nitrogens with zero attached hydrogens (tertiary/aromatic N) is 11. The van der Waals surface area contributed by atoms with Crippen LogP contribution in [0.2, 0.25) is 25.7 Å². The van der Waals surface area contributed by atoms with E-state index >= 15 is 0 Å². The molecule has 0 amide bonds. The molecule has 4 N–H and O–H groups in total. The van der Waals surface area contributed by atoms with Gasteiger partial charge in [0.1, 0.15) is 6.73 Å². The monoisotopic (exact) mass is 1200 g/mol. The molecule has 0 bridgehead atoms. The third-order valence-corrected chi connectivity index (χ3v) is 20.7. The number of ether oxygens (including phenoxy) is 3. The van der Waals surface area contributed by atoms with E-state index < -0.39 is 28.1 Å². The highest BCUT2D eigenvalue weighted by atomic mass is 79.9. The summed E-state index contributed by atoms with van der Waals surface area (Å²) in [5, 5.41) is 14.1. The van der Waals surface area contributed by atoms with Crippen molar-refractivity contribution in [3.63, 3.8) is 0 Å². The minimum absolute atomic E-state index is 0.0549. The first kappa shape index (κ1) is 59.7. The van der Waals surface area contributed by atoms with Crippen molar-refractivity contribution in [2.75, 3.05) is 86.2 Å². The van der Waals surface area contributed by atoms with Crippen LogP contribution in [0.5, 0.6) is 11.8 Å². The van der Waals surface area contributed by atoms with Crippen molar-refractivity contribution in [3.8, 4) is 34.0 Å². The molecule has 428 valence electrons. The number of anilines is 3. The van der Waals surface area contributed by atoms with Crippen LogP contribution in [0, 0.1) is 0 Å². The summed E-state index contributed by atoms with van der Waals surface area (Å²) >= 11 is 3.19. The predicted octanol–water partition coefficient (Wildman–Crippen LogP) is 7.72. The van der Waals surface area contributed by atoms with E-state index in [1.165, 1.54) is 42.0 Å². The molecule has 2 aromatic carbocycles. The van der Waals surface area contributed by atoms with Gasteiger partial charge < -0.3 is 35.1 Å². The summed E-state index contributed by atoms with van der Waals surface area (Å²) in [5.41, 5.74) is 17.4. The van der Waals surface area contributed by atoms with E-state index in [1.807, 2.05) is 52.5 Å². The van der Waals surface area contributed by atoms with E-state index in [2.05, 4.69) is 110 Å². The number of nitrogen functional groups attached to an aromatic ring is 1. The van der Waals surface area contributed by atoms with Crippen LogP contribution in [-0.4, -0.2) is 171 Å². The highest BCUT2D eigenvalue weighted by Gasteiger charge is 2.35. The van der Waals surface area contributed by atoms with Crippen molar-refractivity contribution in [3.05, 3.63) is 87.9 Å². The number of benzene rings is 2. The topological polar surface area (TPSA) is 245 Å². The van der Waals surface area contributed by atoms with Crippen molar-refractivity contribution in [1.29, 1.82) is 0 Å². The lowest BCUT2D eigenvalue weighted by molar-refractivity contribution is 0.0708. The van der Waals surface area contributed by atoms with Gasteiger partial charge in [0, 0.05) is 94.3 Å². The zero-order valence-corrected chi connectivity index (χ0v) is 51.2. The Balaban J connectivity index is 0.000000165. The molecule has 21 nitrogen and oxygen atoms in total. The van der Waals surface area contributed by atoms with Crippen LogP contribution < -0.4 is 20.5 Å². The number of nitrogens with two attached hydrogens (primary N) is 1. The number of halogens is 1. The summed E-state index contributed by atoms with van der Waals surface area (Å²) in [4.78, 5) is 21.1. The number of fused-ring (bicyclic) bond motifs is 2. The second-order valence-electron chi connectivity index (χ2n) is 22.0.